The summed E-state index contributed by atoms with van der Waals surface area (Å²) in [6.07, 6.45) is 1.56. The van der Waals surface area contributed by atoms with Crippen LogP contribution in [-0.2, 0) is 4.74 Å². The van der Waals surface area contributed by atoms with Crippen molar-refractivity contribution in [3.05, 3.63) is 63.9 Å². The van der Waals surface area contributed by atoms with E-state index in [1.54, 1.807) is 0 Å². The first-order valence-corrected chi connectivity index (χ1v) is 9.20. The van der Waals surface area contributed by atoms with Gasteiger partial charge in [-0.15, -0.1) is 0 Å². The second-order valence-corrected chi connectivity index (χ2v) is 7.10. The van der Waals surface area contributed by atoms with E-state index in [4.69, 9.17) is 16.3 Å². The Morgan fingerprint density at radius 3 is 2.68 bits per heavy atom. The quantitative estimate of drug-likeness (QED) is 0.794. The lowest BCUT2D eigenvalue weighted by molar-refractivity contribution is 0.0475. The zero-order valence-corrected chi connectivity index (χ0v) is 15.5. The van der Waals surface area contributed by atoms with Crippen molar-refractivity contribution < 1.29 is 23.5 Å². The number of ether oxygens (including phenoxy) is 1. The van der Waals surface area contributed by atoms with E-state index in [2.05, 4.69) is 5.32 Å². The molecule has 1 atom stereocenters. The van der Waals surface area contributed by atoms with E-state index in [1.165, 1.54) is 35.2 Å². The number of hydrogen-bond acceptors (Lipinski definition) is 4. The fourth-order valence-corrected chi connectivity index (χ4v) is 3.59. The first kappa shape index (κ1) is 18.6. The van der Waals surface area contributed by atoms with Gasteiger partial charge in [0.05, 0.1) is 34.5 Å². The molecule has 4 rings (SSSR count). The summed E-state index contributed by atoms with van der Waals surface area (Å²) in [6.45, 7) is 0.836. The van der Waals surface area contributed by atoms with Crippen LogP contribution in [0, 0.1) is 5.82 Å². The van der Waals surface area contributed by atoms with Gasteiger partial charge in [-0.1, -0.05) is 11.6 Å². The highest BCUT2D eigenvalue weighted by Crippen LogP contribution is 2.27. The molecule has 144 valence electrons. The number of carbonyl (C=O) groups excluding carboxylic acids is 3. The van der Waals surface area contributed by atoms with Crippen LogP contribution >= 0.6 is 11.6 Å². The molecule has 0 bridgehead atoms. The zero-order valence-electron chi connectivity index (χ0n) is 14.7. The largest absolute Gasteiger partial charge is 0.376 e. The summed E-state index contributed by atoms with van der Waals surface area (Å²) in [7, 11) is 0. The molecule has 1 saturated heterocycles. The normalized spacial score (nSPS) is 18.5. The molecule has 6 nitrogen and oxygen atoms in total. The average molecular weight is 403 g/mol. The Bertz CT molecular complexity index is 988. The first-order valence-electron chi connectivity index (χ1n) is 8.82. The van der Waals surface area contributed by atoms with Crippen molar-refractivity contribution in [2.75, 3.05) is 18.5 Å². The van der Waals surface area contributed by atoms with Gasteiger partial charge in [0.2, 0.25) is 0 Å². The smallest absolute Gasteiger partial charge is 0.261 e. The lowest BCUT2D eigenvalue weighted by atomic mass is 10.1. The van der Waals surface area contributed by atoms with Gasteiger partial charge < -0.3 is 10.1 Å². The summed E-state index contributed by atoms with van der Waals surface area (Å²) < 4.78 is 18.6. The van der Waals surface area contributed by atoms with Gasteiger partial charge in [0.25, 0.3) is 17.7 Å². The molecule has 2 aromatic rings. The third kappa shape index (κ3) is 3.39. The Hall–Kier alpha value is -2.77. The molecule has 0 aromatic heterocycles. The topological polar surface area (TPSA) is 75.7 Å². The van der Waals surface area contributed by atoms with E-state index < -0.39 is 17.6 Å². The number of benzene rings is 2. The number of imide groups is 1. The molecule has 8 heteroatoms. The van der Waals surface area contributed by atoms with Crippen molar-refractivity contribution in [1.82, 2.24) is 4.90 Å². The molecule has 0 radical (unpaired) electrons. The maximum Gasteiger partial charge on any atom is 0.261 e. The minimum atomic E-state index is -0.519. The molecular formula is C20H16ClFN2O4. The van der Waals surface area contributed by atoms with Crippen LogP contribution in [0.25, 0.3) is 0 Å². The lowest BCUT2D eigenvalue weighted by Gasteiger charge is -2.17. The Balaban J connectivity index is 1.54. The number of hydrogen-bond donors (Lipinski definition) is 1. The molecule has 2 heterocycles. The van der Waals surface area contributed by atoms with Crippen molar-refractivity contribution >= 4 is 35.0 Å². The maximum atomic E-state index is 13.1. The van der Waals surface area contributed by atoms with Gasteiger partial charge in [0, 0.05) is 12.2 Å². The summed E-state index contributed by atoms with van der Waals surface area (Å²) in [5.74, 6) is -1.86. The predicted molar refractivity (Wildman–Crippen MR) is 100 cm³/mol. The van der Waals surface area contributed by atoms with E-state index >= 15 is 0 Å². The third-order valence-corrected chi connectivity index (χ3v) is 5.14. The summed E-state index contributed by atoms with van der Waals surface area (Å²) >= 11 is 5.93. The second kappa shape index (κ2) is 7.33. The second-order valence-electron chi connectivity index (χ2n) is 6.69. The molecule has 28 heavy (non-hydrogen) atoms. The molecule has 2 aromatic carbocycles. The first-order chi connectivity index (χ1) is 13.4. The van der Waals surface area contributed by atoms with Crippen LogP contribution in [0.5, 0.6) is 0 Å². The minimum Gasteiger partial charge on any atom is -0.376 e. The molecule has 1 N–H and O–H groups in total. The predicted octanol–water partition coefficient (Wildman–Crippen LogP) is 3.51. The molecule has 0 unspecified atom stereocenters. The standard InChI is InChI=1S/C20H16ClFN2O4/c21-16-9-12(22)4-6-17(16)23-18(25)11-3-5-14-15(8-11)20(27)24(19(14)26)10-13-2-1-7-28-13/h3-6,8-9,13H,1-2,7,10H2,(H,23,25)/t13-/m1/s1. The van der Waals surface area contributed by atoms with E-state index in [1.807, 2.05) is 0 Å². The number of carbonyl (C=O) groups is 3. The molecule has 2 aliphatic heterocycles. The van der Waals surface area contributed by atoms with Gasteiger partial charge in [0.1, 0.15) is 5.82 Å². The summed E-state index contributed by atoms with van der Waals surface area (Å²) in [4.78, 5) is 38.9. The van der Waals surface area contributed by atoms with Gasteiger partial charge in [-0.2, -0.15) is 0 Å². The maximum absolute atomic E-state index is 13.1. The van der Waals surface area contributed by atoms with Crippen molar-refractivity contribution in [1.29, 1.82) is 0 Å². The van der Waals surface area contributed by atoms with Gasteiger partial charge in [-0.05, 0) is 49.2 Å². The molecule has 0 saturated carbocycles. The van der Waals surface area contributed by atoms with Crippen LogP contribution < -0.4 is 5.32 Å². The Morgan fingerprint density at radius 2 is 1.96 bits per heavy atom. The van der Waals surface area contributed by atoms with Crippen molar-refractivity contribution in [3.8, 4) is 0 Å². The minimum absolute atomic E-state index is 0.0588. The van der Waals surface area contributed by atoms with Crippen LogP contribution in [0.4, 0.5) is 10.1 Å². The number of nitrogens with zero attached hydrogens (tertiary/aromatic N) is 1. The Kier molecular flexibility index (Phi) is 4.87. The highest BCUT2D eigenvalue weighted by atomic mass is 35.5. The molecular weight excluding hydrogens is 387 g/mol. The molecule has 0 aliphatic carbocycles. The number of anilines is 1. The number of fused-ring (bicyclic) bond motifs is 1. The van der Waals surface area contributed by atoms with Gasteiger partial charge in [-0.3, -0.25) is 19.3 Å². The highest BCUT2D eigenvalue weighted by Gasteiger charge is 2.37. The van der Waals surface area contributed by atoms with Crippen molar-refractivity contribution in [3.63, 3.8) is 0 Å². The summed E-state index contributed by atoms with van der Waals surface area (Å²) in [6, 6.07) is 7.93. The summed E-state index contributed by atoms with van der Waals surface area (Å²) in [5, 5.41) is 2.63. The van der Waals surface area contributed by atoms with E-state index in [0.29, 0.717) is 6.61 Å². The SMILES string of the molecule is O=C(Nc1ccc(F)cc1Cl)c1ccc2c(c1)C(=O)N(C[C@H]1CCCO1)C2=O. The van der Waals surface area contributed by atoms with Gasteiger partial charge >= 0.3 is 0 Å². The van der Waals surface area contributed by atoms with Crippen LogP contribution in [0.1, 0.15) is 43.9 Å². The number of halogens is 2. The van der Waals surface area contributed by atoms with E-state index in [0.717, 1.165) is 18.9 Å². The third-order valence-electron chi connectivity index (χ3n) is 4.82. The molecule has 2 aliphatic rings. The number of nitrogens with one attached hydrogen (secondary N) is 1. The van der Waals surface area contributed by atoms with Crippen LogP contribution in [0.3, 0.4) is 0 Å². The zero-order chi connectivity index (χ0) is 19.8. The average Bonchev–Trinajstić information content (AvgIpc) is 3.27. The molecule has 0 spiro atoms. The molecule has 3 amide bonds. The van der Waals surface area contributed by atoms with Gasteiger partial charge in [-0.25, -0.2) is 4.39 Å². The Labute approximate surface area is 165 Å². The lowest BCUT2D eigenvalue weighted by Crippen LogP contribution is -2.36. The number of amides is 3. The van der Waals surface area contributed by atoms with Crippen molar-refractivity contribution in [2.45, 2.75) is 18.9 Å². The fraction of sp³-hybridized carbons (Fsp3) is 0.250. The number of rotatable bonds is 4. The van der Waals surface area contributed by atoms with Crippen molar-refractivity contribution in [2.24, 2.45) is 0 Å². The monoisotopic (exact) mass is 402 g/mol. The molecule has 1 fully saturated rings. The van der Waals surface area contributed by atoms with Gasteiger partial charge in [0.15, 0.2) is 0 Å². The van der Waals surface area contributed by atoms with E-state index in [-0.39, 0.29) is 46.0 Å². The highest BCUT2D eigenvalue weighted by molar-refractivity contribution is 6.34. The van der Waals surface area contributed by atoms with Crippen LogP contribution in [0.2, 0.25) is 5.02 Å². The van der Waals surface area contributed by atoms with Crippen LogP contribution in [0.15, 0.2) is 36.4 Å². The van der Waals surface area contributed by atoms with E-state index in [9.17, 15) is 18.8 Å². The fourth-order valence-electron chi connectivity index (χ4n) is 3.38. The Morgan fingerprint density at radius 1 is 1.18 bits per heavy atom. The van der Waals surface area contributed by atoms with Crippen LogP contribution in [-0.4, -0.2) is 41.9 Å². The summed E-state index contributed by atoms with van der Waals surface area (Å²) in [5.41, 5.74) is 0.885.